The van der Waals surface area contributed by atoms with Crippen molar-refractivity contribution in [2.24, 2.45) is 11.8 Å². The maximum atomic E-state index is 12.5. The predicted octanol–water partition coefficient (Wildman–Crippen LogP) is 1.86. The second-order valence-electron chi connectivity index (χ2n) is 5.53. The first-order valence-electron chi connectivity index (χ1n) is 6.60. The first kappa shape index (κ1) is 13.6. The lowest BCUT2D eigenvalue weighted by molar-refractivity contribution is -0.142. The molecule has 1 aliphatic rings. The van der Waals surface area contributed by atoms with Gasteiger partial charge in [-0.1, -0.05) is 6.92 Å². The summed E-state index contributed by atoms with van der Waals surface area (Å²) in [5.74, 6) is -1.34. The minimum Gasteiger partial charge on any atom is -0.481 e. The number of rotatable bonds is 3. The summed E-state index contributed by atoms with van der Waals surface area (Å²) in [6, 6.07) is 3.85. The van der Waals surface area contributed by atoms with Gasteiger partial charge in [0.25, 0.3) is 5.91 Å². The number of hydrogen-bond acceptors (Lipinski definition) is 2. The van der Waals surface area contributed by atoms with Crippen molar-refractivity contribution >= 4 is 11.9 Å². The molecule has 1 aromatic heterocycles. The molecule has 0 bridgehead atoms. The highest BCUT2D eigenvalue weighted by atomic mass is 16.4. The van der Waals surface area contributed by atoms with Crippen LogP contribution in [0, 0.1) is 11.8 Å². The van der Waals surface area contributed by atoms with Crippen LogP contribution in [0.25, 0.3) is 0 Å². The van der Waals surface area contributed by atoms with Crippen LogP contribution in [0.15, 0.2) is 18.3 Å². The molecule has 2 rings (SSSR count). The molecule has 1 N–H and O–H groups in total. The highest BCUT2D eigenvalue weighted by Gasteiger charge is 2.37. The summed E-state index contributed by atoms with van der Waals surface area (Å²) in [7, 11) is 0. The Labute approximate surface area is 112 Å². The van der Waals surface area contributed by atoms with Crippen molar-refractivity contribution in [3.8, 4) is 0 Å². The van der Waals surface area contributed by atoms with Gasteiger partial charge in [-0.15, -0.1) is 0 Å². The number of nitrogens with zero attached hydrogens (tertiary/aromatic N) is 2. The van der Waals surface area contributed by atoms with Gasteiger partial charge in [-0.25, -0.2) is 0 Å². The zero-order valence-corrected chi connectivity index (χ0v) is 11.5. The van der Waals surface area contributed by atoms with E-state index in [9.17, 15) is 9.59 Å². The molecule has 0 aliphatic carbocycles. The topological polar surface area (TPSA) is 62.5 Å². The van der Waals surface area contributed by atoms with Gasteiger partial charge in [0, 0.05) is 25.3 Å². The number of carboxylic acids is 1. The van der Waals surface area contributed by atoms with Gasteiger partial charge >= 0.3 is 5.97 Å². The Balaban J connectivity index is 2.17. The molecule has 19 heavy (non-hydrogen) atoms. The summed E-state index contributed by atoms with van der Waals surface area (Å²) in [5, 5.41) is 9.11. The standard InChI is InChI=1S/C14H20N2O3/c1-9(2)16-6-4-5-12(16)13(17)15-7-10(3)11(8-15)14(18)19/h4-6,9-11H,7-8H2,1-3H3,(H,18,19)/t10-,11-/m1/s1. The SMILES string of the molecule is CC(C)n1cccc1C(=O)N1C[C@@H](C)[C@H](C(=O)O)C1. The Morgan fingerprint density at radius 2 is 2.05 bits per heavy atom. The van der Waals surface area contributed by atoms with Crippen LogP contribution in [0.2, 0.25) is 0 Å². The van der Waals surface area contributed by atoms with E-state index in [0.717, 1.165) is 0 Å². The highest BCUT2D eigenvalue weighted by Crippen LogP contribution is 2.25. The molecule has 104 valence electrons. The second-order valence-corrected chi connectivity index (χ2v) is 5.53. The number of carboxylic acid groups (broad SMARTS) is 1. The molecule has 1 aromatic rings. The molecule has 2 heterocycles. The Hall–Kier alpha value is -1.78. The molecule has 1 aliphatic heterocycles. The molecule has 0 spiro atoms. The summed E-state index contributed by atoms with van der Waals surface area (Å²) < 4.78 is 1.92. The van der Waals surface area contributed by atoms with Crippen LogP contribution in [0.3, 0.4) is 0 Å². The number of aliphatic carboxylic acids is 1. The maximum Gasteiger partial charge on any atom is 0.308 e. The van der Waals surface area contributed by atoms with Gasteiger partial charge in [-0.05, 0) is 31.9 Å². The van der Waals surface area contributed by atoms with E-state index >= 15 is 0 Å². The summed E-state index contributed by atoms with van der Waals surface area (Å²) in [5.41, 5.74) is 0.633. The van der Waals surface area contributed by atoms with Gasteiger partial charge < -0.3 is 14.6 Å². The molecule has 1 saturated heterocycles. The van der Waals surface area contributed by atoms with Crippen molar-refractivity contribution in [2.45, 2.75) is 26.8 Å². The van der Waals surface area contributed by atoms with Gasteiger partial charge in [-0.2, -0.15) is 0 Å². The summed E-state index contributed by atoms with van der Waals surface area (Å²) >= 11 is 0. The van der Waals surface area contributed by atoms with Gasteiger partial charge in [0.2, 0.25) is 0 Å². The normalized spacial score (nSPS) is 23.1. The Kier molecular flexibility index (Phi) is 3.64. The van der Waals surface area contributed by atoms with E-state index in [1.807, 2.05) is 37.6 Å². The average Bonchev–Trinajstić information content (AvgIpc) is 2.93. The van der Waals surface area contributed by atoms with E-state index in [-0.39, 0.29) is 17.9 Å². The molecular formula is C14H20N2O3. The van der Waals surface area contributed by atoms with Crippen LogP contribution in [-0.2, 0) is 4.79 Å². The highest BCUT2D eigenvalue weighted by molar-refractivity contribution is 5.93. The number of amides is 1. The number of hydrogen-bond donors (Lipinski definition) is 1. The van der Waals surface area contributed by atoms with Crippen LogP contribution < -0.4 is 0 Å². The van der Waals surface area contributed by atoms with Gasteiger partial charge in [-0.3, -0.25) is 9.59 Å². The average molecular weight is 264 g/mol. The van der Waals surface area contributed by atoms with Gasteiger partial charge in [0.1, 0.15) is 5.69 Å². The van der Waals surface area contributed by atoms with Crippen LogP contribution >= 0.6 is 0 Å². The van der Waals surface area contributed by atoms with Crippen LogP contribution in [0.4, 0.5) is 0 Å². The first-order valence-corrected chi connectivity index (χ1v) is 6.60. The van der Waals surface area contributed by atoms with Crippen molar-refractivity contribution in [1.29, 1.82) is 0 Å². The molecule has 5 heteroatoms. The first-order chi connectivity index (χ1) is 8.91. The smallest absolute Gasteiger partial charge is 0.308 e. The fourth-order valence-electron chi connectivity index (χ4n) is 2.64. The largest absolute Gasteiger partial charge is 0.481 e. The van der Waals surface area contributed by atoms with Gasteiger partial charge in [0.05, 0.1) is 5.92 Å². The van der Waals surface area contributed by atoms with Crippen molar-refractivity contribution in [2.75, 3.05) is 13.1 Å². The molecule has 1 fully saturated rings. The molecule has 1 amide bonds. The number of carbonyl (C=O) groups excluding carboxylic acids is 1. The third-order valence-corrected chi connectivity index (χ3v) is 3.77. The summed E-state index contributed by atoms with van der Waals surface area (Å²) in [6.45, 7) is 6.73. The third kappa shape index (κ3) is 2.50. The molecule has 0 aromatic carbocycles. The van der Waals surface area contributed by atoms with E-state index in [0.29, 0.717) is 18.8 Å². The molecule has 2 atom stereocenters. The van der Waals surface area contributed by atoms with Crippen molar-refractivity contribution in [3.63, 3.8) is 0 Å². The quantitative estimate of drug-likeness (QED) is 0.906. The van der Waals surface area contributed by atoms with E-state index in [4.69, 9.17) is 5.11 Å². The Morgan fingerprint density at radius 3 is 2.58 bits per heavy atom. The number of carbonyl (C=O) groups is 2. The van der Waals surface area contributed by atoms with E-state index < -0.39 is 11.9 Å². The van der Waals surface area contributed by atoms with E-state index in [1.54, 1.807) is 11.0 Å². The van der Waals surface area contributed by atoms with Crippen molar-refractivity contribution in [3.05, 3.63) is 24.0 Å². The van der Waals surface area contributed by atoms with E-state index in [1.165, 1.54) is 0 Å². The monoisotopic (exact) mass is 264 g/mol. The molecule has 5 nitrogen and oxygen atoms in total. The fourth-order valence-corrected chi connectivity index (χ4v) is 2.64. The zero-order valence-electron chi connectivity index (χ0n) is 11.5. The van der Waals surface area contributed by atoms with Crippen LogP contribution in [-0.4, -0.2) is 39.5 Å². The fraction of sp³-hybridized carbons (Fsp3) is 0.571. The second kappa shape index (κ2) is 5.07. The Morgan fingerprint density at radius 1 is 1.37 bits per heavy atom. The lowest BCUT2D eigenvalue weighted by Crippen LogP contribution is -2.31. The number of likely N-dealkylation sites (tertiary alicyclic amines) is 1. The van der Waals surface area contributed by atoms with Crippen LogP contribution in [0.1, 0.15) is 37.3 Å². The summed E-state index contributed by atoms with van der Waals surface area (Å²) in [4.78, 5) is 25.2. The molecule has 0 radical (unpaired) electrons. The lowest BCUT2D eigenvalue weighted by Gasteiger charge is -2.19. The van der Waals surface area contributed by atoms with Crippen LogP contribution in [0.5, 0.6) is 0 Å². The maximum absolute atomic E-state index is 12.5. The van der Waals surface area contributed by atoms with Gasteiger partial charge in [0.15, 0.2) is 0 Å². The Bertz CT molecular complexity index is 493. The van der Waals surface area contributed by atoms with Crippen molar-refractivity contribution < 1.29 is 14.7 Å². The van der Waals surface area contributed by atoms with E-state index in [2.05, 4.69) is 0 Å². The minimum atomic E-state index is -0.818. The molecule has 0 saturated carbocycles. The number of aromatic nitrogens is 1. The zero-order chi connectivity index (χ0) is 14.2. The third-order valence-electron chi connectivity index (χ3n) is 3.77. The predicted molar refractivity (Wildman–Crippen MR) is 71.0 cm³/mol. The van der Waals surface area contributed by atoms with Crippen molar-refractivity contribution in [1.82, 2.24) is 9.47 Å². The lowest BCUT2D eigenvalue weighted by atomic mass is 9.99. The molecular weight excluding hydrogens is 244 g/mol. The molecule has 0 unspecified atom stereocenters. The minimum absolute atomic E-state index is 0.00362. The summed E-state index contributed by atoms with van der Waals surface area (Å²) in [6.07, 6.45) is 1.88.